The Kier molecular flexibility index (Phi) is 3.07. The second kappa shape index (κ2) is 4.97. The van der Waals surface area contributed by atoms with E-state index in [9.17, 15) is 0 Å². The van der Waals surface area contributed by atoms with Gasteiger partial charge in [0.05, 0.1) is 11.0 Å². The van der Waals surface area contributed by atoms with E-state index in [1.807, 2.05) is 0 Å². The van der Waals surface area contributed by atoms with Crippen LogP contribution in [-0.4, -0.2) is 0 Å². The number of hydrogen-bond donors (Lipinski definition) is 0. The quantitative estimate of drug-likeness (QED) is 0.531. The third-order valence-electron chi connectivity index (χ3n) is 7.54. The molecule has 2 aromatic carbocycles. The van der Waals surface area contributed by atoms with E-state index in [1.165, 1.54) is 33.3 Å². The van der Waals surface area contributed by atoms with Crippen LogP contribution in [0.3, 0.4) is 0 Å². The highest BCUT2D eigenvalue weighted by Crippen LogP contribution is 2.68. The lowest BCUT2D eigenvalue weighted by molar-refractivity contribution is -0.710. The molecule has 3 unspecified atom stereocenters. The third-order valence-corrected chi connectivity index (χ3v) is 7.54. The van der Waals surface area contributed by atoms with Crippen LogP contribution >= 0.6 is 0 Å². The molecule has 0 radical (unpaired) electrons. The van der Waals surface area contributed by atoms with Gasteiger partial charge in [-0.2, -0.15) is 4.57 Å². The zero-order chi connectivity index (χ0) is 18.3. The minimum atomic E-state index is 0.149. The van der Waals surface area contributed by atoms with Gasteiger partial charge in [0.25, 0.3) is 0 Å². The lowest BCUT2D eigenvalue weighted by Gasteiger charge is -2.26. The fraction of sp³-hybridized carbons (Fsp3) is 0.400. The predicted molar refractivity (Wildman–Crippen MR) is 108 cm³/mol. The molecule has 0 saturated heterocycles. The van der Waals surface area contributed by atoms with Crippen LogP contribution in [0.4, 0.5) is 0 Å². The maximum atomic E-state index is 2.65. The first-order valence-electron chi connectivity index (χ1n) is 9.97. The van der Waals surface area contributed by atoms with Crippen molar-refractivity contribution in [1.29, 1.82) is 0 Å². The summed E-state index contributed by atoms with van der Waals surface area (Å²) in [6.45, 7) is 12.0. The number of para-hydroxylation sites is 1. The average molecular weight is 343 g/mol. The Balaban J connectivity index is 1.85. The smallest absolute Gasteiger partial charge is 0.185 e. The van der Waals surface area contributed by atoms with Crippen molar-refractivity contribution in [3.05, 3.63) is 65.7 Å². The molecule has 0 amide bonds. The highest BCUT2D eigenvalue weighted by Gasteiger charge is 2.80. The number of nitrogens with zero attached hydrogens (tertiary/aromatic N) is 1. The Labute approximate surface area is 156 Å². The predicted octanol–water partition coefficient (Wildman–Crippen LogP) is 5.63. The van der Waals surface area contributed by atoms with Gasteiger partial charge >= 0.3 is 0 Å². The second-order valence-corrected chi connectivity index (χ2v) is 9.16. The molecule has 2 aliphatic rings. The first-order valence-corrected chi connectivity index (χ1v) is 9.97. The molecule has 0 N–H and O–H groups in total. The van der Waals surface area contributed by atoms with E-state index in [4.69, 9.17) is 0 Å². The van der Waals surface area contributed by atoms with E-state index in [-0.39, 0.29) is 11.0 Å². The molecular weight excluding hydrogens is 314 g/mol. The van der Waals surface area contributed by atoms with Gasteiger partial charge in [-0.1, -0.05) is 45.0 Å². The van der Waals surface area contributed by atoms with Gasteiger partial charge in [-0.25, -0.2) is 0 Å². The Morgan fingerprint density at radius 2 is 1.77 bits per heavy atom. The van der Waals surface area contributed by atoms with E-state index < -0.39 is 0 Å². The summed E-state index contributed by atoms with van der Waals surface area (Å²) in [5.41, 5.74) is 7.54. The molecule has 1 aromatic heterocycles. The fourth-order valence-corrected chi connectivity index (χ4v) is 5.74. The lowest BCUT2D eigenvalue weighted by Crippen LogP contribution is -2.53. The van der Waals surface area contributed by atoms with Crippen molar-refractivity contribution in [2.45, 2.75) is 52.0 Å². The number of fused-ring (bicyclic) bond motifs is 8. The normalized spacial score (nSPS) is 28.6. The molecule has 1 nitrogen and oxygen atoms in total. The molecule has 1 aliphatic heterocycles. The molecule has 5 rings (SSSR count). The van der Waals surface area contributed by atoms with E-state index in [0.29, 0.717) is 11.8 Å². The van der Waals surface area contributed by atoms with Crippen LogP contribution in [0.25, 0.3) is 22.2 Å². The van der Waals surface area contributed by atoms with Crippen LogP contribution in [0.2, 0.25) is 0 Å². The Bertz CT molecular complexity index is 1050. The van der Waals surface area contributed by atoms with E-state index in [1.54, 1.807) is 0 Å². The van der Waals surface area contributed by atoms with Crippen LogP contribution in [0, 0.1) is 11.8 Å². The average Bonchev–Trinajstić information content (AvgIpc) is 3.08. The number of benzene rings is 2. The molecule has 0 spiro atoms. The van der Waals surface area contributed by atoms with Gasteiger partial charge in [0, 0.05) is 30.4 Å². The molecule has 3 aromatic rings. The van der Waals surface area contributed by atoms with Gasteiger partial charge in [-0.3, -0.25) is 0 Å². The Hall–Kier alpha value is -2.15. The fourth-order valence-electron chi connectivity index (χ4n) is 5.74. The molecule has 26 heavy (non-hydrogen) atoms. The summed E-state index contributed by atoms with van der Waals surface area (Å²) < 4.78 is 2.65. The van der Waals surface area contributed by atoms with E-state index >= 15 is 0 Å². The molecule has 2 heterocycles. The molecule has 1 aliphatic carbocycles. The summed E-state index contributed by atoms with van der Waals surface area (Å²) in [7, 11) is 0. The topological polar surface area (TPSA) is 3.88 Å². The van der Waals surface area contributed by atoms with E-state index in [0.717, 1.165) is 6.42 Å². The van der Waals surface area contributed by atoms with E-state index in [2.05, 4.69) is 93.8 Å². The van der Waals surface area contributed by atoms with Gasteiger partial charge in [-0.05, 0) is 48.6 Å². The molecular formula is C25H28N+. The SMILES string of the molecule is CC(C)Cc1ccc2c(c1)-c1ccc3ccccc3[n+]1C1(C)C(C)C21C. The summed E-state index contributed by atoms with van der Waals surface area (Å²) in [6.07, 6.45) is 1.14. The van der Waals surface area contributed by atoms with Crippen LogP contribution in [0.1, 0.15) is 45.7 Å². The first kappa shape index (κ1) is 16.1. The Morgan fingerprint density at radius 1 is 1.00 bits per heavy atom. The molecule has 132 valence electrons. The largest absolute Gasteiger partial charge is 0.213 e. The monoisotopic (exact) mass is 342 g/mol. The first-order chi connectivity index (χ1) is 12.4. The summed E-state index contributed by atoms with van der Waals surface area (Å²) >= 11 is 0. The maximum absolute atomic E-state index is 2.65. The van der Waals surface area contributed by atoms with Crippen molar-refractivity contribution in [2.24, 2.45) is 11.8 Å². The molecule has 3 atom stereocenters. The maximum Gasteiger partial charge on any atom is 0.213 e. The number of aromatic nitrogens is 1. The zero-order valence-corrected chi connectivity index (χ0v) is 16.5. The van der Waals surface area contributed by atoms with Crippen molar-refractivity contribution in [3.63, 3.8) is 0 Å². The van der Waals surface area contributed by atoms with Crippen molar-refractivity contribution in [1.82, 2.24) is 0 Å². The van der Waals surface area contributed by atoms with Crippen LogP contribution in [0.15, 0.2) is 54.6 Å². The van der Waals surface area contributed by atoms with Crippen molar-refractivity contribution >= 4 is 10.9 Å². The van der Waals surface area contributed by atoms with Crippen molar-refractivity contribution < 1.29 is 4.57 Å². The molecule has 1 heteroatoms. The van der Waals surface area contributed by atoms with Gasteiger partial charge < -0.3 is 0 Å². The third kappa shape index (κ3) is 1.74. The second-order valence-electron chi connectivity index (χ2n) is 9.16. The van der Waals surface area contributed by atoms with Gasteiger partial charge in [0.15, 0.2) is 5.54 Å². The van der Waals surface area contributed by atoms with Crippen molar-refractivity contribution in [2.75, 3.05) is 0 Å². The zero-order valence-electron chi connectivity index (χ0n) is 16.5. The minimum absolute atomic E-state index is 0.149. The minimum Gasteiger partial charge on any atom is -0.185 e. The van der Waals surface area contributed by atoms with Crippen molar-refractivity contribution in [3.8, 4) is 11.3 Å². The molecule has 0 bridgehead atoms. The summed E-state index contributed by atoms with van der Waals surface area (Å²) in [5.74, 6) is 1.31. The molecule has 1 saturated carbocycles. The summed E-state index contributed by atoms with van der Waals surface area (Å²) in [6, 6.07) is 20.7. The Morgan fingerprint density at radius 3 is 2.54 bits per heavy atom. The molecule has 1 fully saturated rings. The summed E-state index contributed by atoms with van der Waals surface area (Å²) in [4.78, 5) is 0. The van der Waals surface area contributed by atoms with Gasteiger partial charge in [0.1, 0.15) is 0 Å². The number of pyridine rings is 1. The van der Waals surface area contributed by atoms with Gasteiger partial charge in [0.2, 0.25) is 11.2 Å². The standard InChI is InChI=1S/C25H28N/c1-16(2)14-18-10-12-21-20(15-18)23-13-11-19-8-6-7-9-22(19)26(23)25(5)17(3)24(21,25)4/h6-13,15-17H,14H2,1-5H3/q+1. The lowest BCUT2D eigenvalue weighted by atomic mass is 9.82. The van der Waals surface area contributed by atoms with Crippen LogP contribution in [0.5, 0.6) is 0 Å². The number of rotatable bonds is 2. The number of hydrogen-bond acceptors (Lipinski definition) is 0. The summed E-state index contributed by atoms with van der Waals surface area (Å²) in [5, 5.41) is 1.33. The highest BCUT2D eigenvalue weighted by atomic mass is 15.2. The van der Waals surface area contributed by atoms with Gasteiger partial charge in [-0.15, -0.1) is 0 Å². The highest BCUT2D eigenvalue weighted by molar-refractivity contribution is 5.80. The van der Waals surface area contributed by atoms with Crippen LogP contribution < -0.4 is 4.57 Å². The van der Waals surface area contributed by atoms with Crippen LogP contribution in [-0.2, 0) is 17.4 Å².